The Morgan fingerprint density at radius 2 is 2.08 bits per heavy atom. The van der Waals surface area contributed by atoms with Crippen LogP contribution < -0.4 is 5.73 Å². The molecule has 0 radical (unpaired) electrons. The fraction of sp³-hybridized carbons (Fsp3) is 0.800. The average Bonchev–Trinajstić information content (AvgIpc) is 1.84. The number of aliphatic carboxylic acids is 1. The van der Waals surface area contributed by atoms with Crippen LogP contribution in [0.4, 0.5) is 13.2 Å². The molecule has 0 heterocycles. The molecule has 0 aromatic rings. The van der Waals surface area contributed by atoms with Gasteiger partial charge in [0.15, 0.2) is 0 Å². The molecule has 12 heavy (non-hydrogen) atoms. The fourth-order valence-electron chi connectivity index (χ4n) is 0.425. The van der Waals surface area contributed by atoms with Gasteiger partial charge in [0.2, 0.25) is 0 Å². The van der Waals surface area contributed by atoms with Crippen molar-refractivity contribution in [2.75, 3.05) is 0 Å². The van der Waals surface area contributed by atoms with Crippen LogP contribution in [0.15, 0.2) is 0 Å². The van der Waals surface area contributed by atoms with Crippen LogP contribution in [-0.2, 0) is 4.79 Å². The van der Waals surface area contributed by atoms with Crippen molar-refractivity contribution in [2.45, 2.75) is 22.9 Å². The standard InChI is InChI=1S/C5H8F3NO2Se/c6-5(7,8)12-2-1-3(9)4(10)11/h3H,1-2,9H2,(H,10,11)/t3-/m0/s1. The predicted molar refractivity (Wildman–Crippen MR) is 36.8 cm³/mol. The van der Waals surface area contributed by atoms with Gasteiger partial charge in [-0.25, -0.2) is 0 Å². The number of nitrogens with two attached hydrogens (primary N) is 1. The van der Waals surface area contributed by atoms with Crippen molar-refractivity contribution in [3.63, 3.8) is 0 Å². The molecule has 72 valence electrons. The molecule has 7 heteroatoms. The summed E-state index contributed by atoms with van der Waals surface area (Å²) in [4.78, 5) is 10.1. The fourth-order valence-corrected chi connectivity index (χ4v) is 1.69. The summed E-state index contributed by atoms with van der Waals surface area (Å²) in [5.74, 6) is -1.26. The summed E-state index contributed by atoms with van der Waals surface area (Å²) < 4.78 is 34.6. The summed E-state index contributed by atoms with van der Waals surface area (Å²) in [5, 5.41) is 3.87. The quantitative estimate of drug-likeness (QED) is 0.711. The zero-order valence-electron chi connectivity index (χ0n) is 5.97. The van der Waals surface area contributed by atoms with Crippen molar-refractivity contribution >= 4 is 20.9 Å². The molecule has 3 N–H and O–H groups in total. The summed E-state index contributed by atoms with van der Waals surface area (Å²) in [6.45, 7) is 0. The molecule has 0 spiro atoms. The molecular formula is C5H8F3NO2Se. The maximum atomic E-state index is 11.5. The van der Waals surface area contributed by atoms with E-state index in [1.807, 2.05) is 0 Å². The van der Waals surface area contributed by atoms with Gasteiger partial charge in [-0.1, -0.05) is 0 Å². The maximum absolute atomic E-state index is 11.5. The number of hydrogen-bond donors (Lipinski definition) is 2. The van der Waals surface area contributed by atoms with Gasteiger partial charge in [-0.05, 0) is 0 Å². The molecule has 0 amide bonds. The van der Waals surface area contributed by atoms with Crippen LogP contribution in [0.25, 0.3) is 0 Å². The summed E-state index contributed by atoms with van der Waals surface area (Å²) in [6.07, 6.45) is -0.116. The molecule has 0 aromatic carbocycles. The van der Waals surface area contributed by atoms with Crippen molar-refractivity contribution in [2.24, 2.45) is 5.73 Å². The minimum absolute atomic E-state index is 0.116. The molecule has 1 atom stereocenters. The third-order valence-electron chi connectivity index (χ3n) is 1.01. The van der Waals surface area contributed by atoms with Crippen molar-refractivity contribution < 1.29 is 23.1 Å². The third-order valence-corrected chi connectivity index (χ3v) is 2.62. The first-order valence-electron chi connectivity index (χ1n) is 3.02. The molecule has 3 nitrogen and oxygen atoms in total. The van der Waals surface area contributed by atoms with Gasteiger partial charge >= 0.3 is 72.6 Å². The van der Waals surface area contributed by atoms with E-state index in [4.69, 9.17) is 10.8 Å². The monoisotopic (exact) mass is 251 g/mol. The Bertz CT molecular complexity index is 161. The topological polar surface area (TPSA) is 63.3 Å². The molecule has 0 aliphatic carbocycles. The Hall–Kier alpha value is -0.261. The van der Waals surface area contributed by atoms with Crippen LogP contribution in [0.2, 0.25) is 5.32 Å². The first-order valence-corrected chi connectivity index (χ1v) is 5.09. The number of halogens is 3. The Morgan fingerprint density at radius 1 is 1.58 bits per heavy atom. The predicted octanol–water partition coefficient (Wildman–Crippen LogP) is 0.431. The number of carboxylic acid groups (broad SMARTS) is 1. The van der Waals surface area contributed by atoms with Crippen LogP contribution in [0, 0.1) is 0 Å². The molecular weight excluding hydrogens is 242 g/mol. The molecule has 0 aliphatic rings. The number of hydrogen-bond acceptors (Lipinski definition) is 2. The summed E-state index contributed by atoms with van der Waals surface area (Å²) in [7, 11) is 0. The molecule has 0 unspecified atom stereocenters. The zero-order valence-corrected chi connectivity index (χ0v) is 7.68. The second kappa shape index (κ2) is 4.69. The van der Waals surface area contributed by atoms with Crippen LogP contribution in [0.1, 0.15) is 6.42 Å². The Kier molecular flexibility index (Phi) is 4.59. The summed E-state index contributed by atoms with van der Waals surface area (Å²) in [6, 6.07) is -1.17. The van der Waals surface area contributed by atoms with E-state index in [-0.39, 0.29) is 11.7 Å². The average molecular weight is 250 g/mol. The molecule has 0 fully saturated rings. The van der Waals surface area contributed by atoms with E-state index >= 15 is 0 Å². The van der Waals surface area contributed by atoms with E-state index in [9.17, 15) is 18.0 Å². The second-order valence-electron chi connectivity index (χ2n) is 2.03. The van der Waals surface area contributed by atoms with Gasteiger partial charge in [0.05, 0.1) is 0 Å². The number of alkyl halides is 3. The van der Waals surface area contributed by atoms with Crippen molar-refractivity contribution in [1.29, 1.82) is 0 Å². The van der Waals surface area contributed by atoms with Gasteiger partial charge in [-0.2, -0.15) is 0 Å². The molecule has 0 aromatic heterocycles. The van der Waals surface area contributed by atoms with Crippen LogP contribution in [0.3, 0.4) is 0 Å². The van der Waals surface area contributed by atoms with E-state index < -0.39 is 32.0 Å². The SMILES string of the molecule is N[C@@H](CC[Se]C(F)(F)F)C(=O)O. The first-order chi connectivity index (χ1) is 5.33. The summed E-state index contributed by atoms with van der Waals surface area (Å²) in [5.41, 5.74) is 4.99. The summed E-state index contributed by atoms with van der Waals surface area (Å²) >= 11 is -1.51. The molecule has 0 bridgehead atoms. The van der Waals surface area contributed by atoms with E-state index in [0.29, 0.717) is 0 Å². The van der Waals surface area contributed by atoms with Crippen molar-refractivity contribution in [3.05, 3.63) is 0 Å². The van der Waals surface area contributed by atoms with Gasteiger partial charge in [-0.15, -0.1) is 0 Å². The first kappa shape index (κ1) is 11.7. The number of carboxylic acids is 1. The van der Waals surface area contributed by atoms with Crippen molar-refractivity contribution in [3.8, 4) is 0 Å². The van der Waals surface area contributed by atoms with Crippen molar-refractivity contribution in [1.82, 2.24) is 0 Å². The van der Waals surface area contributed by atoms with E-state index in [1.165, 1.54) is 0 Å². The second-order valence-corrected chi connectivity index (χ2v) is 4.46. The van der Waals surface area contributed by atoms with Gasteiger partial charge in [0.25, 0.3) is 0 Å². The van der Waals surface area contributed by atoms with E-state index in [0.717, 1.165) is 0 Å². The normalized spacial score (nSPS) is 14.3. The van der Waals surface area contributed by atoms with E-state index in [2.05, 4.69) is 0 Å². The van der Waals surface area contributed by atoms with Gasteiger partial charge in [-0.3, -0.25) is 0 Å². The molecule has 0 rings (SSSR count). The molecule has 0 aliphatic heterocycles. The Balaban J connectivity index is 3.51. The van der Waals surface area contributed by atoms with Crippen LogP contribution in [-0.4, -0.2) is 37.1 Å². The van der Waals surface area contributed by atoms with Gasteiger partial charge in [0.1, 0.15) is 0 Å². The van der Waals surface area contributed by atoms with Crippen LogP contribution >= 0.6 is 0 Å². The minimum atomic E-state index is -4.16. The van der Waals surface area contributed by atoms with Gasteiger partial charge in [0, 0.05) is 0 Å². The number of rotatable bonds is 4. The van der Waals surface area contributed by atoms with Crippen LogP contribution in [0.5, 0.6) is 0 Å². The van der Waals surface area contributed by atoms with Gasteiger partial charge < -0.3 is 0 Å². The number of carbonyl (C=O) groups is 1. The van der Waals surface area contributed by atoms with E-state index in [1.54, 1.807) is 0 Å². The third kappa shape index (κ3) is 6.45. The Morgan fingerprint density at radius 3 is 2.42 bits per heavy atom. The molecule has 0 saturated heterocycles. The Labute approximate surface area is 73.3 Å². The zero-order chi connectivity index (χ0) is 9.78. The molecule has 0 saturated carbocycles.